The minimum absolute atomic E-state index is 0.126. The molecule has 1 amide bonds. The second-order valence-electron chi connectivity index (χ2n) is 6.77. The summed E-state index contributed by atoms with van der Waals surface area (Å²) in [6, 6.07) is 5.74. The molecule has 1 atom stereocenters. The van der Waals surface area contributed by atoms with Gasteiger partial charge in [0.2, 0.25) is 0 Å². The number of carboxylic acids is 1. The zero-order valence-electron chi connectivity index (χ0n) is 14.2. The fourth-order valence-corrected chi connectivity index (χ4v) is 2.45. The number of carboxylic acid groups (broad SMARTS) is 1. The second-order valence-corrected chi connectivity index (χ2v) is 6.77. The third-order valence-corrected chi connectivity index (χ3v) is 3.72. The Kier molecular flexibility index (Phi) is 5.43. The Bertz CT molecular complexity index is 590. The molecule has 1 saturated heterocycles. The second kappa shape index (κ2) is 7.17. The summed E-state index contributed by atoms with van der Waals surface area (Å²) in [5.41, 5.74) is -0.0191. The summed E-state index contributed by atoms with van der Waals surface area (Å²) >= 11 is 0. The summed E-state index contributed by atoms with van der Waals surface area (Å²) in [4.78, 5) is 26.0. The molecule has 0 aromatic heterocycles. The molecule has 0 aliphatic carbocycles. The van der Waals surface area contributed by atoms with E-state index >= 15 is 0 Å². The Labute approximate surface area is 140 Å². The number of carbonyl (C=O) groups is 2. The number of halogens is 1. The van der Waals surface area contributed by atoms with Crippen molar-refractivity contribution in [2.75, 3.05) is 26.2 Å². The number of ether oxygens (including phenoxy) is 1. The minimum atomic E-state index is -1.33. The minimum Gasteiger partial charge on any atom is -0.478 e. The predicted molar refractivity (Wildman–Crippen MR) is 86.6 cm³/mol. The first-order valence-corrected chi connectivity index (χ1v) is 7.87. The number of piperazine rings is 1. The first-order chi connectivity index (χ1) is 11.2. The molecule has 132 valence electrons. The number of carbonyl (C=O) groups excluding carboxylic acids is 1. The van der Waals surface area contributed by atoms with Gasteiger partial charge < -0.3 is 14.7 Å². The van der Waals surface area contributed by atoms with Crippen LogP contribution in [0, 0.1) is 0 Å². The van der Waals surface area contributed by atoms with Crippen LogP contribution in [0.5, 0.6) is 0 Å². The van der Waals surface area contributed by atoms with Crippen LogP contribution in [0.2, 0.25) is 0 Å². The van der Waals surface area contributed by atoms with Crippen molar-refractivity contribution < 1.29 is 23.8 Å². The molecule has 1 fully saturated rings. The lowest BCUT2D eigenvalue weighted by Crippen LogP contribution is -2.50. The van der Waals surface area contributed by atoms with E-state index in [1.807, 2.05) is 0 Å². The van der Waals surface area contributed by atoms with E-state index in [1.54, 1.807) is 30.6 Å². The molecule has 6 nitrogen and oxygen atoms in total. The molecule has 1 aliphatic heterocycles. The quantitative estimate of drug-likeness (QED) is 0.858. The van der Waals surface area contributed by atoms with E-state index in [4.69, 9.17) is 9.84 Å². The van der Waals surface area contributed by atoms with Crippen molar-refractivity contribution in [3.8, 4) is 0 Å². The van der Waals surface area contributed by atoms with Crippen molar-refractivity contribution in [1.82, 2.24) is 9.80 Å². The Morgan fingerprint density at radius 3 is 2.12 bits per heavy atom. The van der Waals surface area contributed by atoms with Crippen LogP contribution in [0.1, 0.15) is 43.0 Å². The van der Waals surface area contributed by atoms with Crippen molar-refractivity contribution in [2.24, 2.45) is 0 Å². The third-order valence-electron chi connectivity index (χ3n) is 3.72. The van der Waals surface area contributed by atoms with Gasteiger partial charge in [-0.05, 0) is 32.9 Å². The fourth-order valence-electron chi connectivity index (χ4n) is 2.45. The van der Waals surface area contributed by atoms with E-state index in [0.717, 1.165) is 0 Å². The van der Waals surface area contributed by atoms with E-state index in [9.17, 15) is 14.0 Å². The summed E-state index contributed by atoms with van der Waals surface area (Å²) in [6.07, 6.45) is -1.71. The summed E-state index contributed by atoms with van der Waals surface area (Å²) in [5.74, 6) is -1.04. The standard InChI is InChI=1S/C17H23FN2O4/c1-17(2,3)24-16(23)20-10-8-19(9-11-20)14(18)12-4-6-13(7-5-12)15(21)22/h4-7,14H,8-11H2,1-3H3,(H,21,22). The molecule has 7 heteroatoms. The molecular formula is C17H23FN2O4. The molecule has 1 unspecified atom stereocenters. The van der Waals surface area contributed by atoms with Crippen LogP contribution in [-0.4, -0.2) is 58.7 Å². The summed E-state index contributed by atoms with van der Waals surface area (Å²) in [5, 5.41) is 8.87. The van der Waals surface area contributed by atoms with Gasteiger partial charge in [-0.25, -0.2) is 14.0 Å². The van der Waals surface area contributed by atoms with Gasteiger partial charge in [-0.15, -0.1) is 0 Å². The van der Waals surface area contributed by atoms with Crippen molar-refractivity contribution in [2.45, 2.75) is 32.7 Å². The molecule has 24 heavy (non-hydrogen) atoms. The molecule has 2 rings (SSSR count). The smallest absolute Gasteiger partial charge is 0.410 e. The van der Waals surface area contributed by atoms with Gasteiger partial charge in [0.25, 0.3) is 0 Å². The highest BCUT2D eigenvalue weighted by molar-refractivity contribution is 5.87. The Morgan fingerprint density at radius 2 is 1.67 bits per heavy atom. The topological polar surface area (TPSA) is 70.1 Å². The van der Waals surface area contributed by atoms with Crippen molar-refractivity contribution in [3.05, 3.63) is 35.4 Å². The SMILES string of the molecule is CC(C)(C)OC(=O)N1CCN(C(F)c2ccc(C(=O)O)cc2)CC1. The van der Waals surface area contributed by atoms with Gasteiger partial charge in [-0.3, -0.25) is 4.90 Å². The molecule has 1 aliphatic rings. The number of hydrogen-bond donors (Lipinski definition) is 1. The molecule has 0 bridgehead atoms. The number of amides is 1. The van der Waals surface area contributed by atoms with E-state index in [1.165, 1.54) is 24.3 Å². The first kappa shape index (κ1) is 18.2. The molecule has 1 N–H and O–H groups in total. The zero-order chi connectivity index (χ0) is 17.9. The van der Waals surface area contributed by atoms with Gasteiger partial charge in [0, 0.05) is 31.7 Å². The van der Waals surface area contributed by atoms with Gasteiger partial charge in [0.15, 0.2) is 6.30 Å². The molecule has 1 aromatic rings. The average molecular weight is 338 g/mol. The van der Waals surface area contributed by atoms with Crippen LogP contribution < -0.4 is 0 Å². The van der Waals surface area contributed by atoms with Crippen LogP contribution in [0.15, 0.2) is 24.3 Å². The van der Waals surface area contributed by atoms with E-state index in [-0.39, 0.29) is 11.7 Å². The van der Waals surface area contributed by atoms with E-state index in [2.05, 4.69) is 0 Å². The van der Waals surface area contributed by atoms with Gasteiger partial charge >= 0.3 is 12.1 Å². The van der Waals surface area contributed by atoms with Crippen molar-refractivity contribution in [1.29, 1.82) is 0 Å². The van der Waals surface area contributed by atoms with Crippen molar-refractivity contribution >= 4 is 12.1 Å². The first-order valence-electron chi connectivity index (χ1n) is 7.87. The highest BCUT2D eigenvalue weighted by Gasteiger charge is 2.29. The Morgan fingerprint density at radius 1 is 1.12 bits per heavy atom. The maximum Gasteiger partial charge on any atom is 0.410 e. The van der Waals surface area contributed by atoms with Gasteiger partial charge in [-0.2, -0.15) is 0 Å². The average Bonchev–Trinajstić information content (AvgIpc) is 2.53. The number of nitrogens with zero attached hydrogens (tertiary/aromatic N) is 2. The van der Waals surface area contributed by atoms with Crippen LogP contribution in [0.25, 0.3) is 0 Å². The van der Waals surface area contributed by atoms with Crippen LogP contribution in [0.3, 0.4) is 0 Å². The lowest BCUT2D eigenvalue weighted by Gasteiger charge is -2.37. The highest BCUT2D eigenvalue weighted by Crippen LogP contribution is 2.24. The van der Waals surface area contributed by atoms with E-state index < -0.39 is 17.9 Å². The normalized spacial score (nSPS) is 17.4. The summed E-state index contributed by atoms with van der Waals surface area (Å²) < 4.78 is 19.9. The van der Waals surface area contributed by atoms with Crippen LogP contribution in [-0.2, 0) is 4.74 Å². The zero-order valence-corrected chi connectivity index (χ0v) is 14.2. The predicted octanol–water partition coefficient (Wildman–Crippen LogP) is 2.91. The van der Waals surface area contributed by atoms with Crippen LogP contribution >= 0.6 is 0 Å². The highest BCUT2D eigenvalue weighted by atomic mass is 19.1. The lowest BCUT2D eigenvalue weighted by molar-refractivity contribution is -0.00378. The molecule has 0 spiro atoms. The van der Waals surface area contributed by atoms with Gasteiger partial charge in [-0.1, -0.05) is 12.1 Å². The van der Waals surface area contributed by atoms with Gasteiger partial charge in [0.1, 0.15) is 5.60 Å². The molecule has 1 heterocycles. The summed E-state index contributed by atoms with van der Waals surface area (Å²) in [7, 11) is 0. The third kappa shape index (κ3) is 4.67. The maximum absolute atomic E-state index is 14.6. The molecular weight excluding hydrogens is 315 g/mol. The Balaban J connectivity index is 1.91. The maximum atomic E-state index is 14.6. The number of hydrogen-bond acceptors (Lipinski definition) is 4. The lowest BCUT2D eigenvalue weighted by atomic mass is 10.1. The number of benzene rings is 1. The molecule has 0 radical (unpaired) electrons. The number of aromatic carboxylic acids is 1. The number of rotatable bonds is 3. The summed E-state index contributed by atoms with van der Waals surface area (Å²) in [6.45, 7) is 6.98. The largest absolute Gasteiger partial charge is 0.478 e. The Hall–Kier alpha value is -2.15. The van der Waals surface area contributed by atoms with E-state index in [0.29, 0.717) is 31.7 Å². The molecule has 0 saturated carbocycles. The monoisotopic (exact) mass is 338 g/mol. The van der Waals surface area contributed by atoms with Crippen LogP contribution in [0.4, 0.5) is 9.18 Å². The molecule has 1 aromatic carbocycles. The van der Waals surface area contributed by atoms with Crippen molar-refractivity contribution in [3.63, 3.8) is 0 Å². The fraction of sp³-hybridized carbons (Fsp3) is 0.529. The van der Waals surface area contributed by atoms with Gasteiger partial charge in [0.05, 0.1) is 5.56 Å². The number of alkyl halides is 1.